The first-order valence-electron chi connectivity index (χ1n) is 9.75. The monoisotopic (exact) mass is 394 g/mol. The van der Waals surface area contributed by atoms with Crippen LogP contribution in [0, 0.1) is 17.2 Å². The van der Waals surface area contributed by atoms with Crippen molar-refractivity contribution in [1.29, 1.82) is 5.26 Å². The smallest absolute Gasteiger partial charge is 0.407 e. The molecule has 1 N–H and O–H groups in total. The number of rotatable bonds is 4. The van der Waals surface area contributed by atoms with E-state index in [2.05, 4.69) is 31.2 Å². The van der Waals surface area contributed by atoms with Gasteiger partial charge in [0.25, 0.3) is 0 Å². The topological polar surface area (TPSA) is 104 Å². The molecular weight excluding hydrogens is 368 g/mol. The first-order chi connectivity index (χ1) is 13.8. The van der Waals surface area contributed by atoms with Crippen LogP contribution in [0.25, 0.3) is 11.4 Å². The van der Waals surface area contributed by atoms with Crippen molar-refractivity contribution in [3.8, 4) is 17.5 Å². The van der Waals surface area contributed by atoms with E-state index in [1.807, 2.05) is 32.9 Å². The third kappa shape index (κ3) is 5.88. The van der Waals surface area contributed by atoms with Crippen molar-refractivity contribution in [2.24, 2.45) is 5.92 Å². The van der Waals surface area contributed by atoms with Crippen LogP contribution in [0.1, 0.15) is 39.2 Å². The summed E-state index contributed by atoms with van der Waals surface area (Å²) in [6, 6.07) is 9.36. The maximum atomic E-state index is 11.8. The quantitative estimate of drug-likeness (QED) is 0.849. The van der Waals surface area contributed by atoms with Gasteiger partial charge in [-0.25, -0.2) is 14.8 Å². The number of benzene rings is 1. The zero-order chi connectivity index (χ0) is 20.9. The molecule has 0 saturated carbocycles. The Morgan fingerprint density at radius 2 is 2.07 bits per heavy atom. The molecule has 1 aliphatic heterocycles. The maximum Gasteiger partial charge on any atom is 0.407 e. The predicted molar refractivity (Wildman–Crippen MR) is 109 cm³/mol. The van der Waals surface area contributed by atoms with Crippen LogP contribution < -0.4 is 10.2 Å². The molecule has 3 rings (SSSR count). The number of anilines is 1. The number of nitriles is 1. The summed E-state index contributed by atoms with van der Waals surface area (Å²) in [5, 5.41) is 11.9. The van der Waals surface area contributed by atoms with E-state index in [1.165, 1.54) is 6.33 Å². The van der Waals surface area contributed by atoms with Crippen molar-refractivity contribution < 1.29 is 9.53 Å². The van der Waals surface area contributed by atoms with Crippen LogP contribution in [0.5, 0.6) is 0 Å². The van der Waals surface area contributed by atoms with E-state index in [1.54, 1.807) is 12.1 Å². The lowest BCUT2D eigenvalue weighted by molar-refractivity contribution is 0.0516. The summed E-state index contributed by atoms with van der Waals surface area (Å²) in [5.74, 6) is 1.59. The van der Waals surface area contributed by atoms with Crippen LogP contribution in [0.3, 0.4) is 0 Å². The third-order valence-electron chi connectivity index (χ3n) is 4.64. The molecule has 2 heterocycles. The molecule has 8 nitrogen and oxygen atoms in total. The molecule has 1 aliphatic rings. The van der Waals surface area contributed by atoms with Gasteiger partial charge in [-0.3, -0.25) is 0 Å². The summed E-state index contributed by atoms with van der Waals surface area (Å²) in [5.41, 5.74) is 0.878. The minimum Gasteiger partial charge on any atom is -0.444 e. The highest BCUT2D eigenvalue weighted by molar-refractivity contribution is 5.67. The minimum atomic E-state index is -0.489. The zero-order valence-electron chi connectivity index (χ0n) is 17.1. The summed E-state index contributed by atoms with van der Waals surface area (Å²) < 4.78 is 5.28. The largest absolute Gasteiger partial charge is 0.444 e. The van der Waals surface area contributed by atoms with Crippen LogP contribution in [-0.4, -0.2) is 46.3 Å². The molecule has 8 heteroatoms. The van der Waals surface area contributed by atoms with Crippen LogP contribution in [-0.2, 0) is 4.74 Å². The number of aromatic nitrogens is 3. The second-order valence-electron chi connectivity index (χ2n) is 8.11. The van der Waals surface area contributed by atoms with Crippen LogP contribution in [0.15, 0.2) is 30.6 Å². The fourth-order valence-electron chi connectivity index (χ4n) is 3.19. The first kappa shape index (κ1) is 20.5. The summed E-state index contributed by atoms with van der Waals surface area (Å²) in [6.45, 7) is 7.77. The Morgan fingerprint density at radius 3 is 2.76 bits per heavy atom. The van der Waals surface area contributed by atoms with Crippen LogP contribution in [0.2, 0.25) is 0 Å². The van der Waals surface area contributed by atoms with Gasteiger partial charge >= 0.3 is 6.09 Å². The van der Waals surface area contributed by atoms with Gasteiger partial charge in [0.15, 0.2) is 5.82 Å². The number of nitrogens with one attached hydrogen (secondary N) is 1. The molecule has 1 aromatic heterocycles. The minimum absolute atomic E-state index is 0.373. The van der Waals surface area contributed by atoms with E-state index in [-0.39, 0.29) is 6.09 Å². The summed E-state index contributed by atoms with van der Waals surface area (Å²) >= 11 is 0. The summed E-state index contributed by atoms with van der Waals surface area (Å²) in [4.78, 5) is 27.1. The van der Waals surface area contributed by atoms with Crippen molar-refractivity contribution in [1.82, 2.24) is 20.3 Å². The lowest BCUT2D eigenvalue weighted by Gasteiger charge is -2.32. The number of carbonyl (C=O) groups excluding carboxylic acids is 1. The normalized spacial score (nSPS) is 14.9. The van der Waals surface area contributed by atoms with Gasteiger partial charge in [-0.2, -0.15) is 10.2 Å². The molecule has 0 unspecified atom stereocenters. The Balaban J connectivity index is 1.56. The van der Waals surface area contributed by atoms with Gasteiger partial charge in [-0.1, -0.05) is 12.1 Å². The van der Waals surface area contributed by atoms with Crippen molar-refractivity contribution in [2.45, 2.75) is 39.2 Å². The zero-order valence-corrected chi connectivity index (χ0v) is 17.1. The van der Waals surface area contributed by atoms with Crippen molar-refractivity contribution in [3.05, 3.63) is 36.2 Å². The molecule has 0 atom stereocenters. The molecule has 0 bridgehead atoms. The first-order valence-corrected chi connectivity index (χ1v) is 9.75. The Kier molecular flexibility index (Phi) is 6.27. The van der Waals surface area contributed by atoms with E-state index in [9.17, 15) is 4.79 Å². The number of hydrogen-bond acceptors (Lipinski definition) is 7. The Bertz CT molecular complexity index is 895. The van der Waals surface area contributed by atoms with Crippen molar-refractivity contribution in [3.63, 3.8) is 0 Å². The average molecular weight is 394 g/mol. The average Bonchev–Trinajstić information content (AvgIpc) is 2.71. The molecule has 0 radical (unpaired) electrons. The van der Waals surface area contributed by atoms with Crippen molar-refractivity contribution in [2.75, 3.05) is 24.5 Å². The van der Waals surface area contributed by atoms with Gasteiger partial charge in [0.1, 0.15) is 11.9 Å². The van der Waals surface area contributed by atoms with Gasteiger partial charge < -0.3 is 15.0 Å². The molecule has 2 aromatic rings. The van der Waals surface area contributed by atoms with E-state index >= 15 is 0 Å². The number of nitrogens with zero attached hydrogens (tertiary/aromatic N) is 5. The molecule has 1 amide bonds. The molecule has 1 aromatic carbocycles. The number of alkyl carbamates (subject to hydrolysis) is 1. The molecule has 1 saturated heterocycles. The highest BCUT2D eigenvalue weighted by Crippen LogP contribution is 2.22. The summed E-state index contributed by atoms with van der Waals surface area (Å²) in [6.07, 6.45) is 3.00. The Morgan fingerprint density at radius 1 is 1.31 bits per heavy atom. The van der Waals surface area contributed by atoms with Crippen molar-refractivity contribution >= 4 is 12.0 Å². The second-order valence-corrected chi connectivity index (χ2v) is 8.11. The second kappa shape index (κ2) is 8.86. The number of hydrogen-bond donors (Lipinski definition) is 1. The fraction of sp³-hybridized carbons (Fsp3) is 0.476. The van der Waals surface area contributed by atoms with Gasteiger partial charge in [0, 0.05) is 25.2 Å². The van der Waals surface area contributed by atoms with Crippen LogP contribution in [0.4, 0.5) is 10.7 Å². The van der Waals surface area contributed by atoms with Gasteiger partial charge in [0.05, 0.1) is 11.6 Å². The van der Waals surface area contributed by atoms with Gasteiger partial charge in [-0.15, -0.1) is 0 Å². The highest BCUT2D eigenvalue weighted by Gasteiger charge is 2.23. The number of ether oxygens (including phenoxy) is 1. The molecule has 1 fully saturated rings. The Labute approximate surface area is 170 Å². The standard InChI is InChI=1S/C21H26N6O2/c1-21(2,3)29-20(28)23-13-15-7-9-27(10-8-15)19-25-14-24-18(26-19)17-6-4-5-16(11-17)12-22/h4-6,11,14-15H,7-10,13H2,1-3H3,(H,23,28). The predicted octanol–water partition coefficient (Wildman–Crippen LogP) is 3.15. The van der Waals surface area contributed by atoms with E-state index in [4.69, 9.17) is 10.00 Å². The third-order valence-corrected chi connectivity index (χ3v) is 4.64. The maximum absolute atomic E-state index is 11.8. The molecular formula is C21H26N6O2. The van der Waals surface area contributed by atoms with Gasteiger partial charge in [-0.05, 0) is 51.7 Å². The number of amides is 1. The molecule has 29 heavy (non-hydrogen) atoms. The van der Waals surface area contributed by atoms with E-state index < -0.39 is 5.60 Å². The van der Waals surface area contributed by atoms with Gasteiger partial charge in [0.2, 0.25) is 5.95 Å². The number of carbonyl (C=O) groups is 1. The molecule has 0 spiro atoms. The van der Waals surface area contributed by atoms with Crippen LogP contribution >= 0.6 is 0 Å². The SMILES string of the molecule is CC(C)(C)OC(=O)NCC1CCN(c2ncnc(-c3cccc(C#N)c3)n2)CC1. The molecule has 0 aliphatic carbocycles. The lowest BCUT2D eigenvalue weighted by Crippen LogP contribution is -2.40. The lowest BCUT2D eigenvalue weighted by atomic mass is 9.97. The molecule has 152 valence electrons. The fourth-order valence-corrected chi connectivity index (χ4v) is 3.19. The summed E-state index contributed by atoms with van der Waals surface area (Å²) in [7, 11) is 0. The number of piperidine rings is 1. The van der Waals surface area contributed by atoms with E-state index in [0.29, 0.717) is 29.8 Å². The van der Waals surface area contributed by atoms with E-state index in [0.717, 1.165) is 31.5 Å². The highest BCUT2D eigenvalue weighted by atomic mass is 16.6. The Hall–Kier alpha value is -3.21.